The zero-order valence-electron chi connectivity index (χ0n) is 16.1. The van der Waals surface area contributed by atoms with Crippen LogP contribution < -0.4 is 0 Å². The quantitative estimate of drug-likeness (QED) is 0.498. The average Bonchev–Trinajstić information content (AvgIpc) is 3.17. The van der Waals surface area contributed by atoms with Gasteiger partial charge in [0.25, 0.3) is 11.6 Å². The number of carbonyl (C=O) groups is 1. The van der Waals surface area contributed by atoms with Gasteiger partial charge in [0.15, 0.2) is 5.69 Å². The molecule has 0 bridgehead atoms. The number of para-hydroxylation sites is 1. The van der Waals surface area contributed by atoms with E-state index in [1.165, 1.54) is 16.4 Å². The van der Waals surface area contributed by atoms with E-state index in [-0.39, 0.29) is 42.7 Å². The van der Waals surface area contributed by atoms with Crippen molar-refractivity contribution in [1.82, 2.24) is 19.4 Å². The molecule has 1 saturated heterocycles. The number of H-pyrrole nitrogens is 1. The minimum atomic E-state index is -3.92. The number of hydrogen-bond acceptors (Lipinski definition) is 6. The number of amides is 1. The van der Waals surface area contributed by atoms with E-state index >= 15 is 0 Å². The van der Waals surface area contributed by atoms with Crippen LogP contribution >= 0.6 is 0 Å². The molecule has 1 amide bonds. The van der Waals surface area contributed by atoms with Gasteiger partial charge in [-0.05, 0) is 18.6 Å². The lowest BCUT2D eigenvalue weighted by atomic mass is 10.2. The summed E-state index contributed by atoms with van der Waals surface area (Å²) in [6.45, 7) is 2.19. The first-order valence-electron chi connectivity index (χ1n) is 9.26. The van der Waals surface area contributed by atoms with E-state index in [1.54, 1.807) is 17.9 Å². The van der Waals surface area contributed by atoms with Gasteiger partial charge in [-0.25, -0.2) is 8.42 Å². The first kappa shape index (κ1) is 20.0. The molecule has 30 heavy (non-hydrogen) atoms. The maximum absolute atomic E-state index is 13.0. The van der Waals surface area contributed by atoms with Crippen molar-refractivity contribution in [3.63, 3.8) is 0 Å². The predicted octanol–water partition coefficient (Wildman–Crippen LogP) is 1.93. The molecule has 3 aromatic rings. The molecule has 0 aliphatic carbocycles. The van der Waals surface area contributed by atoms with Crippen LogP contribution in [0.1, 0.15) is 16.1 Å². The fraction of sp³-hybridized carbons (Fsp3) is 0.263. The first-order valence-corrected chi connectivity index (χ1v) is 10.7. The SMILES string of the molecule is Cc1ccc([N+](=O)[O-])cc1S(=O)(=O)N1CCN(C(=O)c2n[nH]c3ccccc23)CC1. The number of nitrogens with one attached hydrogen (secondary N) is 1. The minimum absolute atomic E-state index is 0.0882. The molecule has 1 aliphatic heterocycles. The van der Waals surface area contributed by atoms with Gasteiger partial charge in [-0.3, -0.25) is 20.0 Å². The topological polar surface area (TPSA) is 130 Å². The molecule has 2 aromatic carbocycles. The van der Waals surface area contributed by atoms with Crippen LogP contribution in [0.15, 0.2) is 47.4 Å². The number of aromatic amines is 1. The van der Waals surface area contributed by atoms with Crippen molar-refractivity contribution in [1.29, 1.82) is 0 Å². The smallest absolute Gasteiger partial charge is 0.275 e. The van der Waals surface area contributed by atoms with Crippen LogP contribution in [0.3, 0.4) is 0 Å². The second kappa shape index (κ2) is 7.50. The number of non-ortho nitro benzene ring substituents is 1. The van der Waals surface area contributed by atoms with Crippen LogP contribution in [-0.4, -0.2) is 64.8 Å². The zero-order valence-corrected chi connectivity index (χ0v) is 16.9. The van der Waals surface area contributed by atoms with Crippen molar-refractivity contribution >= 4 is 32.5 Å². The van der Waals surface area contributed by atoms with Crippen LogP contribution in [0.2, 0.25) is 0 Å². The number of nitro benzene ring substituents is 1. The number of nitro groups is 1. The van der Waals surface area contributed by atoms with Gasteiger partial charge in [0, 0.05) is 43.7 Å². The molecule has 4 rings (SSSR count). The molecule has 0 unspecified atom stereocenters. The number of benzene rings is 2. The molecular weight excluding hydrogens is 410 g/mol. The first-order chi connectivity index (χ1) is 14.3. The van der Waals surface area contributed by atoms with E-state index in [1.807, 2.05) is 18.2 Å². The van der Waals surface area contributed by atoms with Crippen molar-refractivity contribution < 1.29 is 18.1 Å². The number of aromatic nitrogens is 2. The summed E-state index contributed by atoms with van der Waals surface area (Å²) >= 11 is 0. The Hall–Kier alpha value is -3.31. The molecule has 1 fully saturated rings. The Labute approximate surface area is 172 Å². The maximum atomic E-state index is 13.0. The van der Waals surface area contributed by atoms with Gasteiger partial charge in [0.2, 0.25) is 10.0 Å². The number of nitrogens with zero attached hydrogens (tertiary/aromatic N) is 4. The number of sulfonamides is 1. The summed E-state index contributed by atoms with van der Waals surface area (Å²) in [5, 5.41) is 18.7. The molecule has 1 aromatic heterocycles. The lowest BCUT2D eigenvalue weighted by Gasteiger charge is -2.33. The van der Waals surface area contributed by atoms with Gasteiger partial charge in [-0.15, -0.1) is 0 Å². The highest BCUT2D eigenvalue weighted by Crippen LogP contribution is 2.26. The Balaban J connectivity index is 1.52. The minimum Gasteiger partial charge on any atom is -0.335 e. The Morgan fingerprint density at radius 2 is 1.83 bits per heavy atom. The third-order valence-corrected chi connectivity index (χ3v) is 7.24. The highest BCUT2D eigenvalue weighted by atomic mass is 32.2. The zero-order chi connectivity index (χ0) is 21.5. The van der Waals surface area contributed by atoms with E-state index in [2.05, 4.69) is 10.2 Å². The summed E-state index contributed by atoms with van der Waals surface area (Å²) in [6.07, 6.45) is 0. The second-order valence-electron chi connectivity index (χ2n) is 7.02. The largest absolute Gasteiger partial charge is 0.335 e. The number of rotatable bonds is 4. The lowest BCUT2D eigenvalue weighted by molar-refractivity contribution is -0.385. The van der Waals surface area contributed by atoms with Crippen LogP contribution in [-0.2, 0) is 10.0 Å². The Morgan fingerprint density at radius 1 is 1.13 bits per heavy atom. The summed E-state index contributed by atoms with van der Waals surface area (Å²) in [7, 11) is -3.92. The summed E-state index contributed by atoms with van der Waals surface area (Å²) in [5.41, 5.74) is 1.21. The van der Waals surface area contributed by atoms with Crippen molar-refractivity contribution in [2.45, 2.75) is 11.8 Å². The summed E-state index contributed by atoms with van der Waals surface area (Å²) in [4.78, 5) is 24.8. The number of aryl methyl sites for hydroxylation is 1. The van der Waals surface area contributed by atoms with Crippen molar-refractivity contribution in [3.8, 4) is 0 Å². The lowest BCUT2D eigenvalue weighted by Crippen LogP contribution is -2.50. The molecular formula is C19H19N5O5S. The predicted molar refractivity (Wildman–Crippen MR) is 109 cm³/mol. The van der Waals surface area contributed by atoms with Gasteiger partial charge in [0.05, 0.1) is 15.3 Å². The number of carbonyl (C=O) groups excluding carboxylic acids is 1. The molecule has 2 heterocycles. The Morgan fingerprint density at radius 3 is 2.53 bits per heavy atom. The second-order valence-corrected chi connectivity index (χ2v) is 8.93. The highest BCUT2D eigenvalue weighted by Gasteiger charge is 2.33. The van der Waals surface area contributed by atoms with Crippen LogP contribution in [0.4, 0.5) is 5.69 Å². The standard InChI is InChI=1S/C19H19N5O5S/c1-13-6-7-14(24(26)27)12-17(13)30(28,29)23-10-8-22(9-11-23)19(25)18-15-4-2-3-5-16(15)20-21-18/h2-7,12H,8-11H2,1H3,(H,20,21). The molecule has 0 radical (unpaired) electrons. The fourth-order valence-electron chi connectivity index (χ4n) is 3.53. The molecule has 1 aliphatic rings. The molecule has 0 saturated carbocycles. The molecule has 10 nitrogen and oxygen atoms in total. The van der Waals surface area contributed by atoms with E-state index < -0.39 is 14.9 Å². The van der Waals surface area contributed by atoms with Gasteiger partial charge < -0.3 is 4.90 Å². The molecule has 156 valence electrons. The van der Waals surface area contributed by atoms with E-state index in [9.17, 15) is 23.3 Å². The third-order valence-electron chi connectivity index (χ3n) is 5.20. The van der Waals surface area contributed by atoms with Gasteiger partial charge >= 0.3 is 0 Å². The Bertz CT molecular complexity index is 1250. The van der Waals surface area contributed by atoms with Crippen LogP contribution in [0.25, 0.3) is 10.9 Å². The monoisotopic (exact) mass is 429 g/mol. The molecule has 0 atom stereocenters. The summed E-state index contributed by atoms with van der Waals surface area (Å²) in [5.74, 6) is -0.268. The highest BCUT2D eigenvalue weighted by molar-refractivity contribution is 7.89. The van der Waals surface area contributed by atoms with Crippen molar-refractivity contribution in [3.05, 3.63) is 63.8 Å². The van der Waals surface area contributed by atoms with E-state index in [0.717, 1.165) is 11.6 Å². The molecule has 11 heteroatoms. The van der Waals surface area contributed by atoms with Gasteiger partial charge in [-0.1, -0.05) is 24.3 Å². The van der Waals surface area contributed by atoms with E-state index in [4.69, 9.17) is 0 Å². The number of fused-ring (bicyclic) bond motifs is 1. The molecule has 0 spiro atoms. The van der Waals surface area contributed by atoms with Crippen LogP contribution in [0, 0.1) is 17.0 Å². The average molecular weight is 429 g/mol. The number of hydrogen-bond donors (Lipinski definition) is 1. The summed E-state index contributed by atoms with van der Waals surface area (Å²) < 4.78 is 27.3. The number of piperazine rings is 1. The van der Waals surface area contributed by atoms with Crippen molar-refractivity contribution in [2.75, 3.05) is 26.2 Å². The normalized spacial score (nSPS) is 15.4. The van der Waals surface area contributed by atoms with Gasteiger partial charge in [-0.2, -0.15) is 9.40 Å². The maximum Gasteiger partial charge on any atom is 0.275 e. The molecule has 1 N–H and O–H groups in total. The van der Waals surface area contributed by atoms with Crippen LogP contribution in [0.5, 0.6) is 0 Å². The van der Waals surface area contributed by atoms with Gasteiger partial charge in [0.1, 0.15) is 0 Å². The van der Waals surface area contributed by atoms with E-state index in [0.29, 0.717) is 16.6 Å². The Kier molecular flexibility index (Phi) is 5.00. The van der Waals surface area contributed by atoms with Crippen molar-refractivity contribution in [2.24, 2.45) is 0 Å². The third kappa shape index (κ3) is 3.42. The fourth-order valence-corrected chi connectivity index (χ4v) is 5.19. The summed E-state index contributed by atoms with van der Waals surface area (Å²) in [6, 6.07) is 11.1.